The molecule has 2 aliphatic heterocycles. The topological polar surface area (TPSA) is 232 Å². The highest BCUT2D eigenvalue weighted by Crippen LogP contribution is 2.32. The third-order valence-electron chi connectivity index (χ3n) is 5.89. The maximum Gasteiger partial charge on any atom is 0.303 e. The van der Waals surface area contributed by atoms with Crippen LogP contribution in [0.15, 0.2) is 0 Å². The van der Waals surface area contributed by atoms with Crippen molar-refractivity contribution in [2.45, 2.75) is 110 Å². The van der Waals surface area contributed by atoms with Gasteiger partial charge >= 0.3 is 41.8 Å². The Balaban J connectivity index is 2.48. The Morgan fingerprint density at radius 1 is 0.477 bits per heavy atom. The van der Waals surface area contributed by atoms with Crippen molar-refractivity contribution in [2.24, 2.45) is 0 Å². The van der Waals surface area contributed by atoms with E-state index in [1.165, 1.54) is 0 Å². The van der Waals surface area contributed by atoms with Gasteiger partial charge in [0.1, 0.15) is 18.8 Å². The Hall–Kier alpha value is -3.87. The molecule has 2 fully saturated rings. The van der Waals surface area contributed by atoms with Crippen molar-refractivity contribution in [1.29, 1.82) is 0 Å². The summed E-state index contributed by atoms with van der Waals surface area (Å²) in [6.07, 6.45) is -15.6. The molecule has 18 nitrogen and oxygen atoms in total. The molecular weight excluding hydrogens is 600 g/mol. The fraction of sp³-hybridized carbons (Fsp3) is 0.731. The lowest BCUT2D eigenvalue weighted by molar-refractivity contribution is -0.330. The molecule has 0 amide bonds. The van der Waals surface area contributed by atoms with Gasteiger partial charge in [0, 0.05) is 48.5 Å². The quantitative estimate of drug-likeness (QED) is 0.203. The molecule has 18 heteroatoms. The lowest BCUT2D eigenvalue weighted by Gasteiger charge is -2.45. The van der Waals surface area contributed by atoms with Crippen molar-refractivity contribution in [3.63, 3.8) is 0 Å². The number of aliphatic hydroxyl groups excluding tert-OH is 1. The molecule has 0 aromatic heterocycles. The minimum absolute atomic E-state index is 0.523. The van der Waals surface area contributed by atoms with Crippen LogP contribution in [-0.2, 0) is 80.9 Å². The Morgan fingerprint density at radius 3 is 1.27 bits per heavy atom. The van der Waals surface area contributed by atoms with Crippen LogP contribution >= 0.6 is 0 Å². The summed E-state index contributed by atoms with van der Waals surface area (Å²) < 4.78 is 53.7. The van der Waals surface area contributed by atoms with Crippen molar-refractivity contribution >= 4 is 41.8 Å². The van der Waals surface area contributed by atoms with Gasteiger partial charge in [-0.25, -0.2) is 0 Å². The van der Waals surface area contributed by atoms with Gasteiger partial charge < -0.3 is 52.5 Å². The van der Waals surface area contributed by atoms with Gasteiger partial charge in [-0.05, 0) is 0 Å². The van der Waals surface area contributed by atoms with Crippen molar-refractivity contribution < 1.29 is 86.0 Å². The van der Waals surface area contributed by atoms with Gasteiger partial charge in [0.05, 0.1) is 6.61 Å². The molecule has 0 aromatic carbocycles. The number of carbonyl (C=O) groups excluding carboxylic acids is 7. The van der Waals surface area contributed by atoms with Crippen LogP contribution in [0.3, 0.4) is 0 Å². The number of rotatable bonds is 11. The summed E-state index contributed by atoms with van der Waals surface area (Å²) >= 11 is 0. The highest BCUT2D eigenvalue weighted by molar-refractivity contribution is 5.69. The molecule has 44 heavy (non-hydrogen) atoms. The first-order valence-electron chi connectivity index (χ1n) is 13.3. The number of hydrogen-bond donors (Lipinski definition) is 1. The zero-order valence-corrected chi connectivity index (χ0v) is 25.1. The summed E-state index contributed by atoms with van der Waals surface area (Å²) in [6, 6.07) is 0. The molecule has 2 unspecified atom stereocenters. The highest BCUT2D eigenvalue weighted by Gasteiger charge is 2.55. The van der Waals surface area contributed by atoms with Crippen LogP contribution in [0.2, 0.25) is 0 Å². The molecule has 1 N–H and O–H groups in total. The second-order valence-electron chi connectivity index (χ2n) is 9.69. The summed E-state index contributed by atoms with van der Waals surface area (Å²) in [7, 11) is 0. The third kappa shape index (κ3) is 10.7. The van der Waals surface area contributed by atoms with Gasteiger partial charge in [0.25, 0.3) is 0 Å². The molecule has 2 aliphatic rings. The molecule has 2 heterocycles. The van der Waals surface area contributed by atoms with Crippen LogP contribution in [0, 0.1) is 0 Å². The first kappa shape index (κ1) is 36.3. The largest absolute Gasteiger partial charge is 0.463 e. The van der Waals surface area contributed by atoms with Crippen LogP contribution in [0.1, 0.15) is 48.5 Å². The molecule has 0 radical (unpaired) electrons. The van der Waals surface area contributed by atoms with E-state index in [-0.39, 0.29) is 0 Å². The van der Waals surface area contributed by atoms with Crippen molar-refractivity contribution in [1.82, 2.24) is 0 Å². The third-order valence-corrected chi connectivity index (χ3v) is 5.89. The van der Waals surface area contributed by atoms with E-state index in [1.54, 1.807) is 0 Å². The van der Waals surface area contributed by atoms with E-state index in [0.29, 0.717) is 0 Å². The number of aliphatic hydroxyl groups is 1. The second-order valence-corrected chi connectivity index (χ2v) is 9.69. The maximum atomic E-state index is 12.1. The van der Waals surface area contributed by atoms with Crippen molar-refractivity contribution in [2.75, 3.05) is 13.2 Å². The lowest BCUT2D eigenvalue weighted by Crippen LogP contribution is -2.64. The Bertz CT molecular complexity index is 1090. The van der Waals surface area contributed by atoms with Crippen molar-refractivity contribution in [3.8, 4) is 0 Å². The van der Waals surface area contributed by atoms with Gasteiger partial charge in [-0.15, -0.1) is 0 Å². The average molecular weight is 637 g/mol. The van der Waals surface area contributed by atoms with E-state index in [9.17, 15) is 38.7 Å². The first-order chi connectivity index (χ1) is 20.5. The predicted octanol–water partition coefficient (Wildman–Crippen LogP) is -1.40. The fourth-order valence-electron chi connectivity index (χ4n) is 4.52. The molecule has 10 atom stereocenters. The van der Waals surface area contributed by atoms with E-state index in [1.807, 2.05) is 0 Å². The minimum Gasteiger partial charge on any atom is -0.463 e. The van der Waals surface area contributed by atoms with E-state index < -0.39 is 116 Å². The molecule has 2 saturated heterocycles. The summed E-state index contributed by atoms with van der Waals surface area (Å²) in [5.74, 6) is -5.94. The number of esters is 7. The molecule has 0 saturated carbocycles. The van der Waals surface area contributed by atoms with Gasteiger partial charge in [-0.1, -0.05) is 0 Å². The Kier molecular flexibility index (Phi) is 13.4. The SMILES string of the molecule is CC(=O)OC[C@H]1O[C@@H](OC[C@H]2OC(O)[C@H](OC(C)=O)[C@@H](OC(C)=O)[C@@H]2OC(C)=O)C(OC(C)=O)[C@@H](OC(C)=O)[C@@H]1OC(C)=O. The molecular formula is C26H36O18. The fourth-order valence-corrected chi connectivity index (χ4v) is 4.52. The van der Waals surface area contributed by atoms with Gasteiger partial charge in [0.2, 0.25) is 0 Å². The zero-order chi connectivity index (χ0) is 33.3. The zero-order valence-electron chi connectivity index (χ0n) is 25.1. The Morgan fingerprint density at radius 2 is 0.841 bits per heavy atom. The molecule has 0 spiro atoms. The average Bonchev–Trinajstić information content (AvgIpc) is 2.87. The van der Waals surface area contributed by atoms with E-state index >= 15 is 0 Å². The molecule has 248 valence electrons. The number of ether oxygens (including phenoxy) is 10. The Labute approximate surface area is 251 Å². The van der Waals surface area contributed by atoms with E-state index in [4.69, 9.17) is 47.4 Å². The highest BCUT2D eigenvalue weighted by atomic mass is 16.7. The summed E-state index contributed by atoms with van der Waals surface area (Å²) in [4.78, 5) is 83.0. The maximum absolute atomic E-state index is 12.1. The standard InChI is InChI=1S/C26H36O18/c1-10(27)35-8-18-20(38-12(3)29)22(40-14(5)31)24(42-16(7)33)26(44-18)36-9-17-19(37-11(2)28)21(39-13(4)30)23(25(34)43-17)41-15(6)32/h17-26,34H,8-9H2,1-7H3/t17-,18-,19-,20-,21+,22+,23-,24?,25?,26-/m1/s1. The van der Waals surface area contributed by atoms with Gasteiger partial charge in [0.15, 0.2) is 49.2 Å². The lowest BCUT2D eigenvalue weighted by atomic mass is 9.97. The predicted molar refractivity (Wildman–Crippen MR) is 135 cm³/mol. The van der Waals surface area contributed by atoms with E-state index in [2.05, 4.69) is 0 Å². The smallest absolute Gasteiger partial charge is 0.303 e. The van der Waals surface area contributed by atoms with Crippen LogP contribution in [-0.4, -0.2) is 122 Å². The van der Waals surface area contributed by atoms with Gasteiger partial charge in [-0.2, -0.15) is 0 Å². The van der Waals surface area contributed by atoms with Gasteiger partial charge in [-0.3, -0.25) is 33.6 Å². The van der Waals surface area contributed by atoms with Crippen LogP contribution < -0.4 is 0 Å². The van der Waals surface area contributed by atoms with Crippen molar-refractivity contribution in [3.05, 3.63) is 0 Å². The monoisotopic (exact) mass is 636 g/mol. The summed E-state index contributed by atoms with van der Waals surface area (Å²) in [5, 5.41) is 10.6. The van der Waals surface area contributed by atoms with Crippen LogP contribution in [0.25, 0.3) is 0 Å². The van der Waals surface area contributed by atoms with E-state index in [0.717, 1.165) is 48.5 Å². The first-order valence-corrected chi connectivity index (χ1v) is 13.3. The van der Waals surface area contributed by atoms with Crippen LogP contribution in [0.5, 0.6) is 0 Å². The molecule has 0 aromatic rings. The molecule has 2 rings (SSSR count). The summed E-state index contributed by atoms with van der Waals surface area (Å²) in [5.41, 5.74) is 0. The number of carbonyl (C=O) groups is 7. The normalized spacial score (nSPS) is 31.5. The number of hydrogen-bond acceptors (Lipinski definition) is 18. The summed E-state index contributed by atoms with van der Waals surface area (Å²) in [6.45, 7) is 6.15. The minimum atomic E-state index is -1.90. The second kappa shape index (κ2) is 16.3. The molecule has 0 bridgehead atoms. The van der Waals surface area contributed by atoms with Crippen LogP contribution in [0.4, 0.5) is 0 Å². The molecule has 0 aliphatic carbocycles.